The van der Waals surface area contributed by atoms with E-state index in [-0.39, 0.29) is 5.56 Å². The van der Waals surface area contributed by atoms with Crippen LogP contribution < -0.4 is 11.0 Å². The highest BCUT2D eigenvalue weighted by Gasteiger charge is 2.14. The van der Waals surface area contributed by atoms with Gasteiger partial charge in [-0.15, -0.1) is 0 Å². The van der Waals surface area contributed by atoms with E-state index in [0.29, 0.717) is 22.4 Å². The fourth-order valence-electron chi connectivity index (χ4n) is 2.40. The minimum atomic E-state index is -2.60. The third-order valence-corrected chi connectivity index (χ3v) is 3.42. The molecule has 0 fully saturated rings. The van der Waals surface area contributed by atoms with Gasteiger partial charge in [0, 0.05) is 18.0 Å². The number of fused-ring (bicyclic) bond motifs is 1. The molecule has 6 heteroatoms. The summed E-state index contributed by atoms with van der Waals surface area (Å²) in [4.78, 5) is 16.3. The fourth-order valence-corrected chi connectivity index (χ4v) is 2.40. The first-order valence-electron chi connectivity index (χ1n) is 6.70. The van der Waals surface area contributed by atoms with Gasteiger partial charge in [0.1, 0.15) is 5.82 Å². The van der Waals surface area contributed by atoms with Crippen molar-refractivity contribution in [1.82, 2.24) is 9.55 Å². The molecular formula is C16H13F2N3O. The summed E-state index contributed by atoms with van der Waals surface area (Å²) >= 11 is 0. The van der Waals surface area contributed by atoms with Crippen molar-refractivity contribution in [2.45, 2.75) is 6.43 Å². The Bertz CT molecular complexity index is 876. The number of rotatable bonds is 3. The van der Waals surface area contributed by atoms with Crippen LogP contribution >= 0.6 is 0 Å². The lowest BCUT2D eigenvalue weighted by Crippen LogP contribution is -2.23. The maximum Gasteiger partial charge on any atom is 0.354 e. The second-order valence-electron chi connectivity index (χ2n) is 4.74. The number of para-hydroxylation sites is 1. The monoisotopic (exact) mass is 301 g/mol. The Balaban J connectivity index is 2.42. The van der Waals surface area contributed by atoms with E-state index in [1.54, 1.807) is 37.4 Å². The van der Waals surface area contributed by atoms with Gasteiger partial charge in [0.2, 0.25) is 0 Å². The molecule has 3 rings (SSSR count). The Morgan fingerprint density at radius 2 is 1.86 bits per heavy atom. The second-order valence-corrected chi connectivity index (χ2v) is 4.74. The third-order valence-electron chi connectivity index (χ3n) is 3.42. The molecule has 1 heterocycles. The van der Waals surface area contributed by atoms with Crippen LogP contribution in [0.15, 0.2) is 53.3 Å². The molecular weight excluding hydrogens is 288 g/mol. The van der Waals surface area contributed by atoms with Crippen LogP contribution in [0.2, 0.25) is 0 Å². The lowest BCUT2D eigenvalue weighted by molar-refractivity contribution is 0.151. The van der Waals surface area contributed by atoms with Gasteiger partial charge in [0.05, 0.1) is 11.2 Å². The molecule has 0 saturated carbocycles. The Hall–Kier alpha value is -2.76. The number of alkyl halides is 2. The van der Waals surface area contributed by atoms with Crippen LogP contribution in [-0.4, -0.2) is 16.6 Å². The number of halogens is 2. The summed E-state index contributed by atoms with van der Waals surface area (Å²) in [5.74, 6) is 0.369. The van der Waals surface area contributed by atoms with Crippen molar-refractivity contribution in [2.75, 3.05) is 12.4 Å². The van der Waals surface area contributed by atoms with Gasteiger partial charge in [-0.2, -0.15) is 4.98 Å². The van der Waals surface area contributed by atoms with E-state index in [0.717, 1.165) is 0 Å². The number of hydrogen-bond donors (Lipinski definition) is 1. The molecule has 0 unspecified atom stereocenters. The van der Waals surface area contributed by atoms with Crippen LogP contribution in [0.1, 0.15) is 12.0 Å². The molecule has 0 radical (unpaired) electrons. The van der Waals surface area contributed by atoms with Crippen molar-refractivity contribution in [2.24, 2.45) is 0 Å². The first-order valence-corrected chi connectivity index (χ1v) is 6.70. The predicted octanol–water partition coefficient (Wildman–Crippen LogP) is 3.37. The molecule has 0 spiro atoms. The van der Waals surface area contributed by atoms with Gasteiger partial charge in [-0.25, -0.2) is 13.6 Å². The van der Waals surface area contributed by atoms with E-state index >= 15 is 0 Å². The van der Waals surface area contributed by atoms with Gasteiger partial charge < -0.3 is 5.32 Å². The van der Waals surface area contributed by atoms with E-state index in [4.69, 9.17) is 0 Å². The third kappa shape index (κ3) is 2.32. The highest BCUT2D eigenvalue weighted by atomic mass is 19.3. The smallest absolute Gasteiger partial charge is 0.354 e. The molecule has 0 aliphatic heterocycles. The van der Waals surface area contributed by atoms with Crippen LogP contribution in [0.5, 0.6) is 0 Å². The molecule has 112 valence electrons. The molecule has 1 N–H and O–H groups in total. The standard InChI is InChI=1S/C16H13F2N3O/c1-19-15-12-8-7-10(14(17)18)9-13(12)21(16(22)20-15)11-5-3-2-4-6-11/h2-9,14H,1H3,(H,19,20,22). The van der Waals surface area contributed by atoms with E-state index < -0.39 is 12.1 Å². The average Bonchev–Trinajstić information content (AvgIpc) is 2.54. The Morgan fingerprint density at radius 1 is 1.14 bits per heavy atom. The first kappa shape index (κ1) is 14.2. The summed E-state index contributed by atoms with van der Waals surface area (Å²) in [5, 5.41) is 3.43. The van der Waals surface area contributed by atoms with Gasteiger partial charge in [-0.3, -0.25) is 4.57 Å². The number of aromatic nitrogens is 2. The maximum atomic E-state index is 13.0. The summed E-state index contributed by atoms with van der Waals surface area (Å²) in [6, 6.07) is 13.1. The topological polar surface area (TPSA) is 46.9 Å². The van der Waals surface area contributed by atoms with Crippen molar-refractivity contribution in [3.05, 3.63) is 64.6 Å². The summed E-state index contributed by atoms with van der Waals surface area (Å²) in [7, 11) is 1.63. The van der Waals surface area contributed by atoms with E-state index in [1.165, 1.54) is 16.7 Å². The molecule has 0 amide bonds. The summed E-state index contributed by atoms with van der Waals surface area (Å²) in [6.07, 6.45) is -2.60. The highest BCUT2D eigenvalue weighted by molar-refractivity contribution is 5.90. The fraction of sp³-hybridized carbons (Fsp3) is 0.125. The molecule has 0 atom stereocenters. The van der Waals surface area contributed by atoms with Crippen LogP contribution in [-0.2, 0) is 0 Å². The SMILES string of the molecule is CNc1nc(=O)n(-c2ccccc2)c2cc(C(F)F)ccc12. The number of hydrogen-bond acceptors (Lipinski definition) is 3. The summed E-state index contributed by atoms with van der Waals surface area (Å²) < 4.78 is 27.3. The van der Waals surface area contributed by atoms with Gasteiger partial charge >= 0.3 is 5.69 Å². The minimum Gasteiger partial charge on any atom is -0.372 e. The summed E-state index contributed by atoms with van der Waals surface area (Å²) in [5.41, 5.74) is 0.326. The zero-order valence-corrected chi connectivity index (χ0v) is 11.8. The van der Waals surface area contributed by atoms with Crippen LogP contribution in [0, 0.1) is 0 Å². The number of anilines is 1. The molecule has 0 saturated heterocycles. The number of nitrogens with zero attached hydrogens (tertiary/aromatic N) is 2. The average molecular weight is 301 g/mol. The molecule has 22 heavy (non-hydrogen) atoms. The van der Waals surface area contributed by atoms with Gasteiger partial charge in [0.15, 0.2) is 0 Å². The quantitative estimate of drug-likeness (QED) is 0.807. The van der Waals surface area contributed by atoms with Gasteiger partial charge in [-0.1, -0.05) is 24.3 Å². The molecule has 0 aliphatic carbocycles. The molecule has 3 aromatic rings. The van der Waals surface area contributed by atoms with Crippen LogP contribution in [0.25, 0.3) is 16.6 Å². The van der Waals surface area contributed by atoms with Crippen molar-refractivity contribution in [3.8, 4) is 5.69 Å². The Kier molecular flexibility index (Phi) is 3.58. The molecule has 1 aromatic heterocycles. The second kappa shape index (κ2) is 5.55. The summed E-state index contributed by atoms with van der Waals surface area (Å²) in [6.45, 7) is 0. The lowest BCUT2D eigenvalue weighted by Gasteiger charge is -2.13. The Morgan fingerprint density at radius 3 is 2.50 bits per heavy atom. The van der Waals surface area contributed by atoms with Crippen LogP contribution in [0.4, 0.5) is 14.6 Å². The van der Waals surface area contributed by atoms with Gasteiger partial charge in [-0.05, 0) is 24.3 Å². The maximum absolute atomic E-state index is 13.0. The molecule has 0 bridgehead atoms. The van der Waals surface area contributed by atoms with E-state index in [1.807, 2.05) is 6.07 Å². The van der Waals surface area contributed by atoms with Crippen LogP contribution in [0.3, 0.4) is 0 Å². The molecule has 0 aliphatic rings. The molecule has 4 nitrogen and oxygen atoms in total. The zero-order valence-electron chi connectivity index (χ0n) is 11.8. The normalized spacial score (nSPS) is 11.1. The largest absolute Gasteiger partial charge is 0.372 e. The van der Waals surface area contributed by atoms with Crippen molar-refractivity contribution in [3.63, 3.8) is 0 Å². The van der Waals surface area contributed by atoms with E-state index in [9.17, 15) is 13.6 Å². The number of benzene rings is 2. The highest BCUT2D eigenvalue weighted by Crippen LogP contribution is 2.27. The van der Waals surface area contributed by atoms with Crippen molar-refractivity contribution < 1.29 is 8.78 Å². The Labute approximate surface area is 125 Å². The minimum absolute atomic E-state index is 0.134. The first-order chi connectivity index (χ1) is 10.6. The predicted molar refractivity (Wildman–Crippen MR) is 81.8 cm³/mol. The number of nitrogens with one attached hydrogen (secondary N) is 1. The van der Waals surface area contributed by atoms with E-state index in [2.05, 4.69) is 10.3 Å². The zero-order chi connectivity index (χ0) is 15.7. The molecule has 2 aromatic carbocycles. The lowest BCUT2D eigenvalue weighted by atomic mass is 10.1. The van der Waals surface area contributed by atoms with Crippen molar-refractivity contribution >= 4 is 16.7 Å². The van der Waals surface area contributed by atoms with Crippen molar-refractivity contribution in [1.29, 1.82) is 0 Å². The van der Waals surface area contributed by atoms with Gasteiger partial charge in [0.25, 0.3) is 6.43 Å².